The molecule has 0 radical (unpaired) electrons. The third-order valence-corrected chi connectivity index (χ3v) is 6.47. The van der Waals surface area contributed by atoms with E-state index in [1.165, 1.54) is 12.1 Å². The van der Waals surface area contributed by atoms with E-state index in [0.29, 0.717) is 34.2 Å². The predicted molar refractivity (Wildman–Crippen MR) is 147 cm³/mol. The second kappa shape index (κ2) is 11.0. The molecule has 0 atom stereocenters. The van der Waals surface area contributed by atoms with Crippen LogP contribution in [0.5, 0.6) is 0 Å². The molecule has 7 nitrogen and oxygen atoms in total. The van der Waals surface area contributed by atoms with Gasteiger partial charge < -0.3 is 16.0 Å². The van der Waals surface area contributed by atoms with E-state index in [2.05, 4.69) is 37.0 Å². The summed E-state index contributed by atoms with van der Waals surface area (Å²) in [5.74, 6) is 0.393. The van der Waals surface area contributed by atoms with E-state index in [1.807, 2.05) is 48.5 Å². The lowest BCUT2D eigenvalue weighted by Crippen LogP contribution is -2.28. The summed E-state index contributed by atoms with van der Waals surface area (Å²) in [4.78, 5) is 17.1. The van der Waals surface area contributed by atoms with E-state index in [1.54, 1.807) is 28.9 Å². The quantitative estimate of drug-likeness (QED) is 0.196. The van der Waals surface area contributed by atoms with E-state index in [9.17, 15) is 9.18 Å². The molecule has 0 aliphatic carbocycles. The predicted octanol–water partition coefficient (Wildman–Crippen LogP) is 6.89. The standard InChI is InChI=1S/C27H21BrClFN6O/c28-22-16-33-36-25(13-24(35-26(22)36)21-9-1-2-10-23(21)29)31-14-18-6-4-8-20(12-18)34-27(37)32-15-17-5-3-7-19(30)11-17/h1-13,16,31H,14-15H2,(H2,32,34,37). The van der Waals surface area contributed by atoms with Crippen molar-refractivity contribution in [2.75, 3.05) is 10.6 Å². The Bertz CT molecular complexity index is 1590. The molecule has 186 valence electrons. The van der Waals surface area contributed by atoms with Crippen molar-refractivity contribution in [3.63, 3.8) is 0 Å². The largest absolute Gasteiger partial charge is 0.366 e. The van der Waals surface area contributed by atoms with Crippen LogP contribution < -0.4 is 16.0 Å². The molecular formula is C27H21BrClFN6O. The lowest BCUT2D eigenvalue weighted by atomic mass is 10.1. The minimum atomic E-state index is -0.379. The number of nitrogens with one attached hydrogen (secondary N) is 3. The van der Waals surface area contributed by atoms with Crippen LogP contribution in [0.1, 0.15) is 11.1 Å². The SMILES string of the molecule is O=C(NCc1cccc(F)c1)Nc1cccc(CNc2cc(-c3ccccc3Cl)nc3c(Br)cnn23)c1. The van der Waals surface area contributed by atoms with Crippen LogP contribution in [0.25, 0.3) is 16.9 Å². The Morgan fingerprint density at radius 1 is 0.973 bits per heavy atom. The number of hydrogen-bond donors (Lipinski definition) is 3. The highest BCUT2D eigenvalue weighted by atomic mass is 79.9. The second-order valence-corrected chi connectivity index (χ2v) is 9.49. The average Bonchev–Trinajstić information content (AvgIpc) is 3.27. The summed E-state index contributed by atoms with van der Waals surface area (Å²) >= 11 is 9.94. The number of hydrogen-bond acceptors (Lipinski definition) is 4. The number of carbonyl (C=O) groups is 1. The summed E-state index contributed by atoms with van der Waals surface area (Å²) in [6.07, 6.45) is 1.69. The molecular weight excluding hydrogens is 559 g/mol. The number of benzene rings is 3. The molecule has 0 saturated carbocycles. The first kappa shape index (κ1) is 24.7. The van der Waals surface area contributed by atoms with Crippen molar-refractivity contribution < 1.29 is 9.18 Å². The third-order valence-electron chi connectivity index (χ3n) is 5.58. The summed E-state index contributed by atoms with van der Waals surface area (Å²) in [7, 11) is 0. The Morgan fingerprint density at radius 2 is 1.76 bits per heavy atom. The maximum atomic E-state index is 13.3. The fourth-order valence-electron chi connectivity index (χ4n) is 3.83. The summed E-state index contributed by atoms with van der Waals surface area (Å²) in [5.41, 5.74) is 4.45. The van der Waals surface area contributed by atoms with Gasteiger partial charge in [-0.3, -0.25) is 0 Å². The Kier molecular flexibility index (Phi) is 7.34. The highest BCUT2D eigenvalue weighted by Gasteiger charge is 2.13. The van der Waals surface area contributed by atoms with Gasteiger partial charge in [0.05, 0.1) is 16.4 Å². The van der Waals surface area contributed by atoms with Crippen molar-refractivity contribution in [3.8, 4) is 11.3 Å². The summed E-state index contributed by atoms with van der Waals surface area (Å²) < 4.78 is 15.8. The van der Waals surface area contributed by atoms with Gasteiger partial charge in [0, 0.05) is 35.4 Å². The van der Waals surface area contributed by atoms with Crippen LogP contribution >= 0.6 is 27.5 Å². The normalized spacial score (nSPS) is 10.9. The smallest absolute Gasteiger partial charge is 0.319 e. The molecule has 0 fully saturated rings. The lowest BCUT2D eigenvalue weighted by molar-refractivity contribution is 0.251. The monoisotopic (exact) mass is 578 g/mol. The number of anilines is 2. The number of urea groups is 1. The average molecular weight is 580 g/mol. The van der Waals surface area contributed by atoms with Crippen LogP contribution in [0.15, 0.2) is 89.5 Å². The zero-order valence-corrected chi connectivity index (χ0v) is 21.7. The van der Waals surface area contributed by atoms with Gasteiger partial charge >= 0.3 is 6.03 Å². The Hall–Kier alpha value is -3.95. The van der Waals surface area contributed by atoms with Crippen LogP contribution in [0.2, 0.25) is 5.02 Å². The van der Waals surface area contributed by atoms with Crippen molar-refractivity contribution in [3.05, 3.63) is 111 Å². The molecule has 2 heterocycles. The molecule has 37 heavy (non-hydrogen) atoms. The summed E-state index contributed by atoms with van der Waals surface area (Å²) in [5, 5.41) is 14.0. The van der Waals surface area contributed by atoms with Crippen molar-refractivity contribution in [2.45, 2.75) is 13.1 Å². The van der Waals surface area contributed by atoms with Gasteiger partial charge in [-0.2, -0.15) is 9.61 Å². The second-order valence-electron chi connectivity index (χ2n) is 8.23. The molecule has 0 spiro atoms. The van der Waals surface area contributed by atoms with Crippen LogP contribution in [0.4, 0.5) is 20.7 Å². The Balaban J connectivity index is 1.29. The van der Waals surface area contributed by atoms with Crippen molar-refractivity contribution in [1.82, 2.24) is 19.9 Å². The molecule has 0 aliphatic rings. The van der Waals surface area contributed by atoms with Crippen molar-refractivity contribution >= 4 is 50.7 Å². The van der Waals surface area contributed by atoms with E-state index in [0.717, 1.165) is 21.4 Å². The number of rotatable bonds is 7. The first-order chi connectivity index (χ1) is 18.0. The number of nitrogens with zero attached hydrogens (tertiary/aromatic N) is 3. The molecule has 0 unspecified atom stereocenters. The fourth-order valence-corrected chi connectivity index (χ4v) is 4.41. The molecule has 2 amide bonds. The van der Waals surface area contributed by atoms with Gasteiger partial charge in [-0.15, -0.1) is 0 Å². The van der Waals surface area contributed by atoms with Crippen LogP contribution in [-0.2, 0) is 13.1 Å². The number of fused-ring (bicyclic) bond motifs is 1. The Morgan fingerprint density at radius 3 is 2.57 bits per heavy atom. The third kappa shape index (κ3) is 5.90. The minimum Gasteiger partial charge on any atom is -0.366 e. The molecule has 5 rings (SSSR count). The van der Waals surface area contributed by atoms with Gasteiger partial charge in [-0.05, 0) is 57.4 Å². The van der Waals surface area contributed by atoms with Gasteiger partial charge in [0.25, 0.3) is 0 Å². The fraction of sp³-hybridized carbons (Fsp3) is 0.0741. The van der Waals surface area contributed by atoms with Crippen molar-refractivity contribution in [2.24, 2.45) is 0 Å². The topological polar surface area (TPSA) is 83.4 Å². The van der Waals surface area contributed by atoms with E-state index in [4.69, 9.17) is 16.6 Å². The van der Waals surface area contributed by atoms with Gasteiger partial charge in [-0.25, -0.2) is 14.2 Å². The number of carbonyl (C=O) groups excluding carboxylic acids is 1. The summed E-state index contributed by atoms with van der Waals surface area (Å²) in [6, 6.07) is 22.7. The number of aromatic nitrogens is 3. The molecule has 3 aromatic carbocycles. The minimum absolute atomic E-state index is 0.218. The lowest BCUT2D eigenvalue weighted by Gasteiger charge is -2.13. The van der Waals surface area contributed by atoms with E-state index in [-0.39, 0.29) is 18.4 Å². The first-order valence-electron chi connectivity index (χ1n) is 11.4. The maximum Gasteiger partial charge on any atom is 0.319 e. The maximum absolute atomic E-state index is 13.3. The van der Waals surface area contributed by atoms with E-state index < -0.39 is 0 Å². The van der Waals surface area contributed by atoms with Gasteiger partial charge in [0.15, 0.2) is 5.65 Å². The summed E-state index contributed by atoms with van der Waals surface area (Å²) in [6.45, 7) is 0.690. The molecule has 10 heteroatoms. The first-order valence-corrected chi connectivity index (χ1v) is 12.5. The molecule has 0 aliphatic heterocycles. The zero-order valence-electron chi connectivity index (χ0n) is 19.4. The van der Waals surface area contributed by atoms with Crippen molar-refractivity contribution in [1.29, 1.82) is 0 Å². The van der Waals surface area contributed by atoms with Gasteiger partial charge in [0.2, 0.25) is 0 Å². The molecule has 2 aromatic heterocycles. The molecule has 5 aromatic rings. The zero-order chi connectivity index (χ0) is 25.8. The van der Waals surface area contributed by atoms with Crippen LogP contribution in [0, 0.1) is 5.82 Å². The van der Waals surface area contributed by atoms with E-state index >= 15 is 0 Å². The molecule has 0 bridgehead atoms. The number of amides is 2. The molecule has 3 N–H and O–H groups in total. The van der Waals surface area contributed by atoms with Gasteiger partial charge in [0.1, 0.15) is 11.6 Å². The van der Waals surface area contributed by atoms with Crippen LogP contribution in [0.3, 0.4) is 0 Å². The highest BCUT2D eigenvalue weighted by Crippen LogP contribution is 2.30. The van der Waals surface area contributed by atoms with Gasteiger partial charge in [-0.1, -0.05) is 54.1 Å². The molecule has 0 saturated heterocycles. The Labute approximate surface area is 225 Å². The van der Waals surface area contributed by atoms with Crippen LogP contribution in [-0.4, -0.2) is 20.6 Å². The highest BCUT2D eigenvalue weighted by molar-refractivity contribution is 9.10. The number of halogens is 3.